The van der Waals surface area contributed by atoms with E-state index in [1.54, 1.807) is 6.07 Å². The first kappa shape index (κ1) is 15.0. The molecule has 1 unspecified atom stereocenters. The highest BCUT2D eigenvalue weighted by Crippen LogP contribution is 2.30. The molecule has 0 amide bonds. The average Bonchev–Trinajstić information content (AvgIpc) is 2.26. The molecule has 0 aliphatic rings. The highest BCUT2D eigenvalue weighted by molar-refractivity contribution is 5.54. The molecule has 1 aromatic carbocycles. The Hall–Kier alpha value is -1.09. The van der Waals surface area contributed by atoms with Crippen molar-refractivity contribution in [3.05, 3.63) is 29.6 Å². The van der Waals surface area contributed by atoms with E-state index in [0.717, 1.165) is 11.3 Å². The summed E-state index contributed by atoms with van der Waals surface area (Å²) >= 11 is 0. The number of hydrogen-bond acceptors (Lipinski definition) is 2. The van der Waals surface area contributed by atoms with Gasteiger partial charge in [-0.1, -0.05) is 20.8 Å². The first-order valence-electron chi connectivity index (χ1n) is 6.48. The molecule has 3 heteroatoms. The predicted octanol–water partition coefficient (Wildman–Crippen LogP) is 3.20. The van der Waals surface area contributed by atoms with Crippen LogP contribution in [0.5, 0.6) is 0 Å². The minimum Gasteiger partial charge on any atom is -0.371 e. The number of anilines is 1. The summed E-state index contributed by atoms with van der Waals surface area (Å²) < 4.78 is 13.3. The van der Waals surface area contributed by atoms with Gasteiger partial charge < -0.3 is 10.6 Å². The molecule has 0 aromatic heterocycles. The number of rotatable bonds is 4. The number of nitrogens with zero attached hydrogens (tertiary/aromatic N) is 1. The van der Waals surface area contributed by atoms with E-state index in [-0.39, 0.29) is 11.2 Å². The quantitative estimate of drug-likeness (QED) is 0.891. The van der Waals surface area contributed by atoms with E-state index in [1.807, 2.05) is 6.07 Å². The molecule has 2 N–H and O–H groups in total. The maximum Gasteiger partial charge on any atom is 0.123 e. The van der Waals surface area contributed by atoms with Crippen molar-refractivity contribution in [3.8, 4) is 0 Å². The molecule has 0 aliphatic carbocycles. The largest absolute Gasteiger partial charge is 0.371 e. The van der Waals surface area contributed by atoms with Crippen LogP contribution >= 0.6 is 0 Å². The number of nitrogens with two attached hydrogens (primary N) is 1. The van der Waals surface area contributed by atoms with E-state index < -0.39 is 0 Å². The molecule has 0 spiro atoms. The Balaban J connectivity index is 3.08. The van der Waals surface area contributed by atoms with Crippen molar-refractivity contribution < 1.29 is 4.39 Å². The summed E-state index contributed by atoms with van der Waals surface area (Å²) in [6, 6.07) is 5.32. The lowest BCUT2D eigenvalue weighted by molar-refractivity contribution is 0.329. The van der Waals surface area contributed by atoms with Gasteiger partial charge in [0.05, 0.1) is 0 Å². The Bertz CT molecular complexity index is 396. The molecule has 0 fully saturated rings. The third-order valence-electron chi connectivity index (χ3n) is 3.67. The van der Waals surface area contributed by atoms with Gasteiger partial charge in [-0.2, -0.15) is 0 Å². The standard InChI is InChI=1S/C15H25FN2/c1-11(15(2,3)4)18(5)14-7-6-13(16)10-12(14)8-9-17/h6-7,10-11H,8-9,17H2,1-5H3. The van der Waals surface area contributed by atoms with Crippen LogP contribution in [0.3, 0.4) is 0 Å². The fourth-order valence-corrected chi connectivity index (χ4v) is 2.04. The molecule has 18 heavy (non-hydrogen) atoms. The molecule has 0 aliphatic heterocycles. The van der Waals surface area contributed by atoms with Gasteiger partial charge in [0.15, 0.2) is 0 Å². The SMILES string of the molecule is CC(N(C)c1ccc(F)cc1CCN)C(C)(C)C. The number of benzene rings is 1. The zero-order valence-corrected chi connectivity index (χ0v) is 12.1. The molecule has 0 heterocycles. The van der Waals surface area contributed by atoms with Crippen LogP contribution in [-0.4, -0.2) is 19.6 Å². The van der Waals surface area contributed by atoms with E-state index in [2.05, 4.69) is 39.6 Å². The number of hydrogen-bond donors (Lipinski definition) is 1. The van der Waals surface area contributed by atoms with E-state index in [1.165, 1.54) is 6.07 Å². The van der Waals surface area contributed by atoms with Crippen molar-refractivity contribution >= 4 is 5.69 Å². The molecular formula is C15H25FN2. The van der Waals surface area contributed by atoms with Crippen molar-refractivity contribution in [2.24, 2.45) is 11.1 Å². The Kier molecular flexibility index (Phi) is 4.74. The van der Waals surface area contributed by atoms with Gasteiger partial charge >= 0.3 is 0 Å². The lowest BCUT2D eigenvalue weighted by Crippen LogP contribution is -2.39. The van der Waals surface area contributed by atoms with Crippen LogP contribution < -0.4 is 10.6 Å². The fourth-order valence-electron chi connectivity index (χ4n) is 2.04. The smallest absolute Gasteiger partial charge is 0.123 e. The van der Waals surface area contributed by atoms with Gasteiger partial charge in [-0.05, 0) is 49.1 Å². The van der Waals surface area contributed by atoms with Crippen LogP contribution in [-0.2, 0) is 6.42 Å². The van der Waals surface area contributed by atoms with Gasteiger partial charge in [0.25, 0.3) is 0 Å². The molecule has 0 saturated heterocycles. The second-order valence-electron chi connectivity index (χ2n) is 5.96. The normalized spacial score (nSPS) is 13.5. The van der Waals surface area contributed by atoms with E-state index in [4.69, 9.17) is 5.73 Å². The summed E-state index contributed by atoms with van der Waals surface area (Å²) in [5, 5.41) is 0. The molecule has 2 nitrogen and oxygen atoms in total. The van der Waals surface area contributed by atoms with Crippen LogP contribution in [0.2, 0.25) is 0 Å². The Labute approximate surface area is 110 Å². The fraction of sp³-hybridized carbons (Fsp3) is 0.600. The van der Waals surface area contributed by atoms with Crippen molar-refractivity contribution in [1.82, 2.24) is 0 Å². The van der Waals surface area contributed by atoms with E-state index in [9.17, 15) is 4.39 Å². The van der Waals surface area contributed by atoms with Crippen molar-refractivity contribution in [3.63, 3.8) is 0 Å². The number of halogens is 1. The Morgan fingerprint density at radius 2 is 1.94 bits per heavy atom. The first-order chi connectivity index (χ1) is 8.27. The highest BCUT2D eigenvalue weighted by Gasteiger charge is 2.25. The second-order valence-corrected chi connectivity index (χ2v) is 5.96. The minimum absolute atomic E-state index is 0.170. The van der Waals surface area contributed by atoms with Crippen LogP contribution in [0.1, 0.15) is 33.3 Å². The van der Waals surface area contributed by atoms with Gasteiger partial charge in [0.2, 0.25) is 0 Å². The zero-order chi connectivity index (χ0) is 13.9. The molecular weight excluding hydrogens is 227 g/mol. The van der Waals surface area contributed by atoms with Crippen LogP contribution in [0.25, 0.3) is 0 Å². The summed E-state index contributed by atoms with van der Waals surface area (Å²) in [6.07, 6.45) is 0.703. The van der Waals surface area contributed by atoms with Gasteiger partial charge in [0.1, 0.15) is 5.82 Å². The Morgan fingerprint density at radius 1 is 1.33 bits per heavy atom. The summed E-state index contributed by atoms with van der Waals surface area (Å²) in [5.74, 6) is -0.195. The van der Waals surface area contributed by atoms with Crippen molar-refractivity contribution in [2.75, 3.05) is 18.5 Å². The third kappa shape index (κ3) is 3.45. The molecule has 0 radical (unpaired) electrons. The minimum atomic E-state index is -0.195. The first-order valence-corrected chi connectivity index (χ1v) is 6.48. The van der Waals surface area contributed by atoms with Gasteiger partial charge in [-0.25, -0.2) is 4.39 Å². The third-order valence-corrected chi connectivity index (χ3v) is 3.67. The predicted molar refractivity (Wildman–Crippen MR) is 76.5 cm³/mol. The second kappa shape index (κ2) is 5.70. The molecule has 1 aromatic rings. The average molecular weight is 252 g/mol. The summed E-state index contributed by atoms with van der Waals surface area (Å²) in [5.41, 5.74) is 7.83. The van der Waals surface area contributed by atoms with Gasteiger partial charge in [-0.15, -0.1) is 0 Å². The molecule has 102 valence electrons. The monoisotopic (exact) mass is 252 g/mol. The highest BCUT2D eigenvalue weighted by atomic mass is 19.1. The van der Waals surface area contributed by atoms with Crippen molar-refractivity contribution in [1.29, 1.82) is 0 Å². The summed E-state index contributed by atoms with van der Waals surface area (Å²) in [7, 11) is 2.06. The maximum atomic E-state index is 13.3. The van der Waals surface area contributed by atoms with Crippen LogP contribution in [0.15, 0.2) is 18.2 Å². The van der Waals surface area contributed by atoms with Crippen LogP contribution in [0.4, 0.5) is 10.1 Å². The van der Waals surface area contributed by atoms with Crippen molar-refractivity contribution in [2.45, 2.75) is 40.2 Å². The topological polar surface area (TPSA) is 29.3 Å². The lowest BCUT2D eigenvalue weighted by atomic mass is 9.86. The maximum absolute atomic E-state index is 13.3. The molecule has 0 bridgehead atoms. The molecule has 1 atom stereocenters. The molecule has 1 rings (SSSR count). The zero-order valence-electron chi connectivity index (χ0n) is 12.1. The summed E-state index contributed by atoms with van der Waals surface area (Å²) in [4.78, 5) is 2.21. The molecule has 0 saturated carbocycles. The van der Waals surface area contributed by atoms with Crippen LogP contribution in [0, 0.1) is 11.2 Å². The Morgan fingerprint density at radius 3 is 2.44 bits per heavy atom. The van der Waals surface area contributed by atoms with Gasteiger partial charge in [0, 0.05) is 18.8 Å². The lowest BCUT2D eigenvalue weighted by Gasteiger charge is -2.37. The van der Waals surface area contributed by atoms with Gasteiger partial charge in [-0.3, -0.25) is 0 Å². The van der Waals surface area contributed by atoms with E-state index >= 15 is 0 Å². The summed E-state index contributed by atoms with van der Waals surface area (Å²) in [6.45, 7) is 9.35. The van der Waals surface area contributed by atoms with E-state index in [0.29, 0.717) is 19.0 Å².